The summed E-state index contributed by atoms with van der Waals surface area (Å²) in [5.74, 6) is -0.104. The Hall–Kier alpha value is -2.25. The SMILES string of the molecule is CCN(CC)c1ccc(CNC(=O)CCCN(c2ccc(Cl)cc2)S(C)(=O)=O)cc1. The van der Waals surface area contributed by atoms with E-state index in [0.29, 0.717) is 23.7 Å². The molecule has 0 atom stereocenters. The van der Waals surface area contributed by atoms with Gasteiger partial charge in [-0.15, -0.1) is 0 Å². The van der Waals surface area contributed by atoms with Crippen molar-refractivity contribution < 1.29 is 13.2 Å². The molecule has 0 heterocycles. The van der Waals surface area contributed by atoms with Crippen molar-refractivity contribution in [1.29, 1.82) is 0 Å². The summed E-state index contributed by atoms with van der Waals surface area (Å²) in [4.78, 5) is 14.5. The lowest BCUT2D eigenvalue weighted by Crippen LogP contribution is -2.32. The molecule has 0 aromatic heterocycles. The third-order valence-corrected chi connectivity index (χ3v) is 6.28. The van der Waals surface area contributed by atoms with Gasteiger partial charge in [0.1, 0.15) is 0 Å². The Balaban J connectivity index is 1.84. The summed E-state index contributed by atoms with van der Waals surface area (Å²) in [5, 5.41) is 3.44. The molecule has 1 amide bonds. The summed E-state index contributed by atoms with van der Waals surface area (Å²) in [6, 6.07) is 14.8. The summed E-state index contributed by atoms with van der Waals surface area (Å²) >= 11 is 5.88. The maximum absolute atomic E-state index is 12.2. The van der Waals surface area contributed by atoms with Crippen molar-refractivity contribution >= 4 is 38.9 Å². The minimum Gasteiger partial charge on any atom is -0.372 e. The van der Waals surface area contributed by atoms with E-state index in [-0.39, 0.29) is 18.9 Å². The van der Waals surface area contributed by atoms with E-state index in [1.165, 1.54) is 4.31 Å². The number of carbonyl (C=O) groups is 1. The number of benzene rings is 2. The van der Waals surface area contributed by atoms with Gasteiger partial charge in [0.15, 0.2) is 0 Å². The van der Waals surface area contributed by atoms with E-state index in [1.807, 2.05) is 12.1 Å². The van der Waals surface area contributed by atoms with Gasteiger partial charge in [0.2, 0.25) is 15.9 Å². The summed E-state index contributed by atoms with van der Waals surface area (Å²) < 4.78 is 25.5. The molecule has 164 valence electrons. The zero-order chi connectivity index (χ0) is 22.1. The normalized spacial score (nSPS) is 11.2. The Morgan fingerprint density at radius 3 is 2.07 bits per heavy atom. The van der Waals surface area contributed by atoms with Crippen molar-refractivity contribution in [3.8, 4) is 0 Å². The third kappa shape index (κ3) is 7.22. The first-order chi connectivity index (χ1) is 14.2. The highest BCUT2D eigenvalue weighted by molar-refractivity contribution is 7.92. The number of hydrogen-bond acceptors (Lipinski definition) is 4. The highest BCUT2D eigenvalue weighted by atomic mass is 35.5. The molecule has 0 saturated carbocycles. The first kappa shape index (κ1) is 24.0. The van der Waals surface area contributed by atoms with E-state index in [2.05, 4.69) is 36.2 Å². The van der Waals surface area contributed by atoms with Gasteiger partial charge in [-0.1, -0.05) is 23.7 Å². The molecule has 0 saturated heterocycles. The highest BCUT2D eigenvalue weighted by Gasteiger charge is 2.17. The van der Waals surface area contributed by atoms with Gasteiger partial charge in [0, 0.05) is 43.3 Å². The third-order valence-electron chi connectivity index (χ3n) is 4.83. The van der Waals surface area contributed by atoms with Crippen molar-refractivity contribution in [2.75, 3.05) is 35.1 Å². The number of anilines is 2. The Bertz CT molecular complexity index is 912. The number of rotatable bonds is 11. The van der Waals surface area contributed by atoms with Crippen LogP contribution in [-0.4, -0.2) is 40.2 Å². The summed E-state index contributed by atoms with van der Waals surface area (Å²) in [6.45, 7) is 6.82. The smallest absolute Gasteiger partial charge is 0.232 e. The quantitative estimate of drug-likeness (QED) is 0.559. The molecule has 0 spiro atoms. The molecule has 30 heavy (non-hydrogen) atoms. The van der Waals surface area contributed by atoms with Crippen LogP contribution in [0.3, 0.4) is 0 Å². The predicted molar refractivity (Wildman–Crippen MR) is 125 cm³/mol. The number of nitrogens with one attached hydrogen (secondary N) is 1. The van der Waals surface area contributed by atoms with Crippen molar-refractivity contribution in [3.05, 3.63) is 59.1 Å². The lowest BCUT2D eigenvalue weighted by atomic mass is 10.2. The van der Waals surface area contributed by atoms with Gasteiger partial charge in [-0.3, -0.25) is 9.10 Å². The van der Waals surface area contributed by atoms with E-state index < -0.39 is 10.0 Å². The number of sulfonamides is 1. The second-order valence-electron chi connectivity index (χ2n) is 7.03. The van der Waals surface area contributed by atoms with Crippen LogP contribution in [-0.2, 0) is 21.4 Å². The zero-order valence-corrected chi connectivity index (χ0v) is 19.3. The second kappa shape index (κ2) is 11.2. The minimum atomic E-state index is -3.45. The maximum atomic E-state index is 12.2. The Morgan fingerprint density at radius 2 is 1.53 bits per heavy atom. The minimum absolute atomic E-state index is 0.104. The fourth-order valence-corrected chi connectivity index (χ4v) is 4.27. The molecule has 0 aliphatic carbocycles. The number of halogens is 1. The van der Waals surface area contributed by atoms with Crippen LogP contribution in [0.25, 0.3) is 0 Å². The van der Waals surface area contributed by atoms with Crippen LogP contribution < -0.4 is 14.5 Å². The molecule has 2 rings (SSSR count). The Morgan fingerprint density at radius 1 is 0.967 bits per heavy atom. The zero-order valence-electron chi connectivity index (χ0n) is 17.8. The van der Waals surface area contributed by atoms with E-state index in [0.717, 1.165) is 30.6 Å². The molecule has 6 nitrogen and oxygen atoms in total. The first-order valence-corrected chi connectivity index (χ1v) is 12.3. The summed E-state index contributed by atoms with van der Waals surface area (Å²) in [7, 11) is -3.45. The van der Waals surface area contributed by atoms with Crippen LogP contribution in [0.4, 0.5) is 11.4 Å². The maximum Gasteiger partial charge on any atom is 0.232 e. The topological polar surface area (TPSA) is 69.7 Å². The fraction of sp³-hybridized carbons (Fsp3) is 0.409. The predicted octanol–water partition coefficient (Wildman–Crippen LogP) is 4.05. The van der Waals surface area contributed by atoms with Crippen LogP contribution >= 0.6 is 11.6 Å². The van der Waals surface area contributed by atoms with Gasteiger partial charge >= 0.3 is 0 Å². The Labute approximate surface area is 184 Å². The fourth-order valence-electron chi connectivity index (χ4n) is 3.18. The molecule has 0 bridgehead atoms. The van der Waals surface area contributed by atoms with Crippen LogP contribution in [0.5, 0.6) is 0 Å². The molecule has 1 N–H and O–H groups in total. The lowest BCUT2D eigenvalue weighted by Gasteiger charge is -2.22. The van der Waals surface area contributed by atoms with E-state index >= 15 is 0 Å². The van der Waals surface area contributed by atoms with Crippen LogP contribution in [0.2, 0.25) is 5.02 Å². The van der Waals surface area contributed by atoms with E-state index in [4.69, 9.17) is 11.6 Å². The number of carbonyl (C=O) groups excluding carboxylic acids is 1. The van der Waals surface area contributed by atoms with Gasteiger partial charge in [-0.05, 0) is 62.2 Å². The van der Waals surface area contributed by atoms with Gasteiger partial charge in [0.05, 0.1) is 11.9 Å². The van der Waals surface area contributed by atoms with E-state index in [9.17, 15) is 13.2 Å². The molecule has 0 fully saturated rings. The number of hydrogen-bond donors (Lipinski definition) is 1. The largest absolute Gasteiger partial charge is 0.372 e. The number of nitrogens with zero attached hydrogens (tertiary/aromatic N) is 2. The molecule has 0 unspecified atom stereocenters. The van der Waals surface area contributed by atoms with Gasteiger partial charge in [-0.2, -0.15) is 0 Å². The molecular weight excluding hydrogens is 422 g/mol. The summed E-state index contributed by atoms with van der Waals surface area (Å²) in [5.41, 5.74) is 2.73. The Kier molecular flexibility index (Phi) is 8.99. The molecule has 2 aromatic rings. The van der Waals surface area contributed by atoms with Gasteiger partial charge < -0.3 is 10.2 Å². The molecule has 0 radical (unpaired) electrons. The van der Waals surface area contributed by atoms with Crippen LogP contribution in [0, 0.1) is 0 Å². The lowest BCUT2D eigenvalue weighted by molar-refractivity contribution is -0.121. The second-order valence-corrected chi connectivity index (χ2v) is 9.37. The number of amides is 1. The average molecular weight is 452 g/mol. The standard InChI is InChI=1S/C22H30ClN3O3S/c1-4-25(5-2)20-12-8-18(9-13-20)17-24-22(27)7-6-16-26(30(3,28)29)21-14-10-19(23)11-15-21/h8-15H,4-7,16-17H2,1-3H3,(H,24,27). The molecule has 0 aliphatic rings. The van der Waals surface area contributed by atoms with Crippen molar-refractivity contribution in [2.45, 2.75) is 33.2 Å². The van der Waals surface area contributed by atoms with Crippen molar-refractivity contribution in [1.82, 2.24) is 5.32 Å². The van der Waals surface area contributed by atoms with E-state index in [1.54, 1.807) is 24.3 Å². The van der Waals surface area contributed by atoms with Crippen molar-refractivity contribution in [3.63, 3.8) is 0 Å². The molecular formula is C22H30ClN3O3S. The highest BCUT2D eigenvalue weighted by Crippen LogP contribution is 2.21. The van der Waals surface area contributed by atoms with Gasteiger partial charge in [-0.25, -0.2) is 8.42 Å². The average Bonchev–Trinajstić information content (AvgIpc) is 2.71. The van der Waals surface area contributed by atoms with Gasteiger partial charge in [0.25, 0.3) is 0 Å². The first-order valence-electron chi connectivity index (χ1n) is 10.1. The monoisotopic (exact) mass is 451 g/mol. The molecule has 0 aliphatic heterocycles. The van der Waals surface area contributed by atoms with Crippen LogP contribution in [0.15, 0.2) is 48.5 Å². The van der Waals surface area contributed by atoms with Crippen LogP contribution in [0.1, 0.15) is 32.3 Å². The molecule has 2 aromatic carbocycles. The van der Waals surface area contributed by atoms with Crippen molar-refractivity contribution in [2.24, 2.45) is 0 Å². The molecule has 8 heteroatoms. The summed E-state index contributed by atoms with van der Waals surface area (Å²) in [6.07, 6.45) is 1.82.